The van der Waals surface area contributed by atoms with Gasteiger partial charge in [-0.15, -0.1) is 0 Å². The van der Waals surface area contributed by atoms with E-state index in [1.807, 2.05) is 6.07 Å². The molecule has 2 aromatic rings. The van der Waals surface area contributed by atoms with Crippen LogP contribution in [0.15, 0.2) is 48.5 Å². The molecule has 2 aromatic carbocycles. The van der Waals surface area contributed by atoms with E-state index in [1.165, 1.54) is 0 Å². The van der Waals surface area contributed by atoms with Crippen molar-refractivity contribution in [3.63, 3.8) is 0 Å². The van der Waals surface area contributed by atoms with Gasteiger partial charge in [-0.3, -0.25) is 9.59 Å². The van der Waals surface area contributed by atoms with Gasteiger partial charge in [0.2, 0.25) is 5.91 Å². The van der Waals surface area contributed by atoms with Crippen LogP contribution in [0.1, 0.15) is 30.1 Å². The first-order valence-electron chi connectivity index (χ1n) is 8.66. The first kappa shape index (κ1) is 21.1. The molecule has 2 amide bonds. The van der Waals surface area contributed by atoms with E-state index < -0.39 is 0 Å². The Labute approximate surface area is 169 Å². The average molecular weight is 409 g/mol. The van der Waals surface area contributed by atoms with Crippen molar-refractivity contribution in [1.82, 2.24) is 10.6 Å². The van der Waals surface area contributed by atoms with Crippen LogP contribution in [-0.4, -0.2) is 31.0 Å². The van der Waals surface area contributed by atoms with Crippen molar-refractivity contribution in [2.75, 3.05) is 13.2 Å². The molecule has 0 aliphatic rings. The van der Waals surface area contributed by atoms with Gasteiger partial charge in [-0.2, -0.15) is 0 Å². The fourth-order valence-electron chi connectivity index (χ4n) is 2.37. The standard InChI is InChI=1S/C20H22Cl2N2O3/c1-14(24-20(26)15-6-3-2-4-7-15)12-19(25)23-10-5-11-27-18-9-8-16(21)13-17(18)22/h2-4,6-9,13-14H,5,10-12H2,1H3,(H,23,25)(H,24,26). The van der Waals surface area contributed by atoms with Crippen molar-refractivity contribution in [2.24, 2.45) is 0 Å². The number of halogens is 2. The summed E-state index contributed by atoms with van der Waals surface area (Å²) in [6.07, 6.45) is 0.845. The highest BCUT2D eigenvalue weighted by molar-refractivity contribution is 6.35. The van der Waals surface area contributed by atoms with Crippen molar-refractivity contribution in [3.8, 4) is 5.75 Å². The van der Waals surface area contributed by atoms with Gasteiger partial charge in [0.1, 0.15) is 5.75 Å². The number of benzene rings is 2. The lowest BCUT2D eigenvalue weighted by Crippen LogP contribution is -2.37. The van der Waals surface area contributed by atoms with E-state index >= 15 is 0 Å². The van der Waals surface area contributed by atoms with Crippen LogP contribution in [0.2, 0.25) is 10.0 Å². The Kier molecular flexibility index (Phi) is 8.43. The summed E-state index contributed by atoms with van der Waals surface area (Å²) in [5.74, 6) is 0.245. The summed E-state index contributed by atoms with van der Waals surface area (Å²) in [7, 11) is 0. The van der Waals surface area contributed by atoms with Crippen LogP contribution >= 0.6 is 23.2 Å². The lowest BCUT2D eigenvalue weighted by molar-refractivity contribution is -0.121. The molecule has 0 radical (unpaired) electrons. The second-order valence-corrected chi connectivity index (χ2v) is 6.92. The van der Waals surface area contributed by atoms with Gasteiger partial charge in [0.05, 0.1) is 11.6 Å². The monoisotopic (exact) mass is 408 g/mol. The highest BCUT2D eigenvalue weighted by Gasteiger charge is 2.12. The number of amides is 2. The smallest absolute Gasteiger partial charge is 0.251 e. The average Bonchev–Trinajstić information content (AvgIpc) is 2.63. The molecule has 0 aliphatic carbocycles. The van der Waals surface area contributed by atoms with Gasteiger partial charge in [0.15, 0.2) is 0 Å². The zero-order valence-electron chi connectivity index (χ0n) is 15.0. The fraction of sp³-hybridized carbons (Fsp3) is 0.300. The van der Waals surface area contributed by atoms with Crippen LogP contribution in [0.4, 0.5) is 0 Å². The van der Waals surface area contributed by atoms with Crippen molar-refractivity contribution in [2.45, 2.75) is 25.8 Å². The van der Waals surface area contributed by atoms with Gasteiger partial charge in [0, 0.05) is 29.6 Å². The normalized spacial score (nSPS) is 11.5. The Morgan fingerprint density at radius 2 is 1.85 bits per heavy atom. The molecule has 0 saturated heterocycles. The molecule has 0 spiro atoms. The first-order chi connectivity index (χ1) is 13.0. The third kappa shape index (κ3) is 7.49. The Balaban J connectivity index is 1.62. The molecule has 0 aromatic heterocycles. The van der Waals surface area contributed by atoms with Crippen LogP contribution in [0.25, 0.3) is 0 Å². The lowest BCUT2D eigenvalue weighted by atomic mass is 10.1. The SMILES string of the molecule is CC(CC(=O)NCCCOc1ccc(Cl)cc1Cl)NC(=O)c1ccccc1. The molecule has 2 N–H and O–H groups in total. The van der Waals surface area contributed by atoms with Gasteiger partial charge in [0.25, 0.3) is 5.91 Å². The van der Waals surface area contributed by atoms with Crippen LogP contribution in [-0.2, 0) is 4.79 Å². The molecule has 0 heterocycles. The molecule has 27 heavy (non-hydrogen) atoms. The van der Waals surface area contributed by atoms with E-state index in [4.69, 9.17) is 27.9 Å². The van der Waals surface area contributed by atoms with Crippen molar-refractivity contribution < 1.29 is 14.3 Å². The third-order valence-electron chi connectivity index (χ3n) is 3.70. The second-order valence-electron chi connectivity index (χ2n) is 6.07. The molecule has 144 valence electrons. The molecule has 0 fully saturated rings. The maximum atomic E-state index is 12.0. The Hall–Kier alpha value is -2.24. The Bertz CT molecular complexity index is 769. The highest BCUT2D eigenvalue weighted by atomic mass is 35.5. The first-order valence-corrected chi connectivity index (χ1v) is 9.42. The van der Waals surface area contributed by atoms with Gasteiger partial charge >= 0.3 is 0 Å². The predicted molar refractivity (Wildman–Crippen MR) is 108 cm³/mol. The number of hydrogen-bond acceptors (Lipinski definition) is 3. The van der Waals surface area contributed by atoms with Gasteiger partial charge < -0.3 is 15.4 Å². The van der Waals surface area contributed by atoms with E-state index in [0.717, 1.165) is 0 Å². The minimum absolute atomic E-state index is 0.125. The summed E-state index contributed by atoms with van der Waals surface area (Å²) in [4.78, 5) is 24.0. The summed E-state index contributed by atoms with van der Waals surface area (Å²) in [5, 5.41) is 6.63. The van der Waals surface area contributed by atoms with Crippen molar-refractivity contribution in [1.29, 1.82) is 0 Å². The fourth-order valence-corrected chi connectivity index (χ4v) is 2.84. The van der Waals surface area contributed by atoms with Crippen LogP contribution < -0.4 is 15.4 Å². The molecule has 7 heteroatoms. The van der Waals surface area contributed by atoms with E-state index in [2.05, 4.69) is 10.6 Å². The topological polar surface area (TPSA) is 67.4 Å². The minimum Gasteiger partial charge on any atom is -0.492 e. The molecule has 0 aliphatic heterocycles. The maximum Gasteiger partial charge on any atom is 0.251 e. The van der Waals surface area contributed by atoms with Crippen LogP contribution in [0.5, 0.6) is 5.75 Å². The van der Waals surface area contributed by atoms with Gasteiger partial charge in [-0.25, -0.2) is 0 Å². The molecule has 0 saturated carbocycles. The number of carbonyl (C=O) groups is 2. The summed E-state index contributed by atoms with van der Waals surface area (Å²) >= 11 is 11.9. The zero-order chi connectivity index (χ0) is 19.6. The highest BCUT2D eigenvalue weighted by Crippen LogP contribution is 2.27. The number of ether oxygens (including phenoxy) is 1. The largest absolute Gasteiger partial charge is 0.492 e. The second kappa shape index (κ2) is 10.8. The summed E-state index contributed by atoms with van der Waals surface area (Å²) < 4.78 is 5.56. The summed E-state index contributed by atoms with van der Waals surface area (Å²) in [6, 6.07) is 13.7. The van der Waals surface area contributed by atoms with E-state index in [1.54, 1.807) is 49.4 Å². The van der Waals surface area contributed by atoms with Crippen molar-refractivity contribution >= 4 is 35.0 Å². The molecule has 2 rings (SSSR count). The molecular weight excluding hydrogens is 387 g/mol. The zero-order valence-corrected chi connectivity index (χ0v) is 16.5. The Morgan fingerprint density at radius 3 is 2.56 bits per heavy atom. The van der Waals surface area contributed by atoms with Gasteiger partial charge in [-0.1, -0.05) is 41.4 Å². The number of carbonyl (C=O) groups excluding carboxylic acids is 2. The summed E-state index contributed by atoms with van der Waals surface area (Å²) in [5.41, 5.74) is 0.572. The molecule has 1 atom stereocenters. The molecular formula is C20H22Cl2N2O3. The van der Waals surface area contributed by atoms with E-state index in [0.29, 0.717) is 40.9 Å². The van der Waals surface area contributed by atoms with Crippen LogP contribution in [0.3, 0.4) is 0 Å². The predicted octanol–water partition coefficient (Wildman–Crippen LogP) is 4.09. The quantitative estimate of drug-likeness (QED) is 0.614. The summed E-state index contributed by atoms with van der Waals surface area (Å²) in [6.45, 7) is 2.69. The number of hydrogen-bond donors (Lipinski definition) is 2. The maximum absolute atomic E-state index is 12.0. The van der Waals surface area contributed by atoms with Gasteiger partial charge in [-0.05, 0) is 43.7 Å². The van der Waals surface area contributed by atoms with E-state index in [9.17, 15) is 9.59 Å². The van der Waals surface area contributed by atoms with E-state index in [-0.39, 0.29) is 24.3 Å². The molecule has 0 bridgehead atoms. The minimum atomic E-state index is -0.262. The molecule has 1 unspecified atom stereocenters. The van der Waals surface area contributed by atoms with Crippen molar-refractivity contribution in [3.05, 3.63) is 64.1 Å². The Morgan fingerprint density at radius 1 is 1.11 bits per heavy atom. The number of rotatable bonds is 9. The molecule has 5 nitrogen and oxygen atoms in total. The van der Waals surface area contributed by atoms with Crippen LogP contribution in [0, 0.1) is 0 Å². The number of nitrogens with one attached hydrogen (secondary N) is 2. The third-order valence-corrected chi connectivity index (χ3v) is 4.23. The lowest BCUT2D eigenvalue weighted by Gasteiger charge is -2.14.